The van der Waals surface area contributed by atoms with Crippen molar-refractivity contribution in [3.63, 3.8) is 0 Å². The van der Waals surface area contributed by atoms with E-state index in [1.807, 2.05) is 54.6 Å². The van der Waals surface area contributed by atoms with Crippen LogP contribution in [0, 0.1) is 0 Å². The van der Waals surface area contributed by atoms with E-state index in [9.17, 15) is 0 Å². The molecule has 6 aromatic heterocycles. The Morgan fingerprint density at radius 1 is 0.308 bits per heavy atom. The summed E-state index contributed by atoms with van der Waals surface area (Å²) in [5.74, 6) is 0. The van der Waals surface area contributed by atoms with Crippen LogP contribution in [0.5, 0.6) is 0 Å². The van der Waals surface area contributed by atoms with E-state index in [1.165, 1.54) is 0 Å². The molecule has 0 bridgehead atoms. The van der Waals surface area contributed by atoms with E-state index in [1.54, 1.807) is 12.4 Å². The highest BCUT2D eigenvalue weighted by Gasteiger charge is 2.16. The fourth-order valence-corrected chi connectivity index (χ4v) is 6.98. The molecule has 6 nitrogen and oxygen atoms in total. The molecule has 0 radical (unpaired) electrons. The molecule has 0 unspecified atom stereocenters. The van der Waals surface area contributed by atoms with Gasteiger partial charge >= 0.3 is 0 Å². The van der Waals surface area contributed by atoms with Gasteiger partial charge in [-0.2, -0.15) is 0 Å². The lowest BCUT2D eigenvalue weighted by atomic mass is 9.97. The minimum atomic E-state index is 0.693. The molecule has 52 heavy (non-hydrogen) atoms. The first kappa shape index (κ1) is 29.7. The average molecular weight is 665 g/mol. The van der Waals surface area contributed by atoms with Gasteiger partial charge < -0.3 is 0 Å². The SMILES string of the molecule is c1ccc(-c2ccc3ccc4cc5c(nc(-c6ccc(-c7cc(-c8ccccn8)nc(-c8ccccn8)c7)cc6)c6ccccc65)nc4c3n2)cc1. The molecule has 0 saturated heterocycles. The summed E-state index contributed by atoms with van der Waals surface area (Å²) in [5, 5.41) is 5.29. The van der Waals surface area contributed by atoms with E-state index in [2.05, 4.69) is 113 Å². The molecule has 4 aromatic carbocycles. The highest BCUT2D eigenvalue weighted by Crippen LogP contribution is 2.36. The highest BCUT2D eigenvalue weighted by atomic mass is 14.9. The van der Waals surface area contributed by atoms with Crippen molar-refractivity contribution in [3.05, 3.63) is 170 Å². The third-order valence-electron chi connectivity index (χ3n) is 9.56. The second-order valence-corrected chi connectivity index (χ2v) is 12.8. The van der Waals surface area contributed by atoms with Crippen LogP contribution in [0.15, 0.2) is 170 Å². The molecule has 0 aliphatic heterocycles. The molecule has 0 aliphatic rings. The van der Waals surface area contributed by atoms with Crippen molar-refractivity contribution < 1.29 is 0 Å². The lowest BCUT2D eigenvalue weighted by Crippen LogP contribution is -1.95. The summed E-state index contributed by atoms with van der Waals surface area (Å²) >= 11 is 0. The normalized spacial score (nSPS) is 11.5. The molecule has 242 valence electrons. The van der Waals surface area contributed by atoms with Gasteiger partial charge in [-0.15, -0.1) is 0 Å². The number of nitrogens with zero attached hydrogens (tertiary/aromatic N) is 6. The molecule has 0 aliphatic carbocycles. The third-order valence-corrected chi connectivity index (χ3v) is 9.56. The van der Waals surface area contributed by atoms with E-state index in [-0.39, 0.29) is 0 Å². The van der Waals surface area contributed by atoms with E-state index >= 15 is 0 Å². The Labute approximate surface area is 299 Å². The van der Waals surface area contributed by atoms with Gasteiger partial charge in [-0.05, 0) is 65.0 Å². The molecule has 0 N–H and O–H groups in total. The van der Waals surface area contributed by atoms with Crippen molar-refractivity contribution in [2.45, 2.75) is 0 Å². The van der Waals surface area contributed by atoms with Crippen LogP contribution in [-0.4, -0.2) is 29.9 Å². The Kier molecular flexibility index (Phi) is 7.03. The zero-order valence-electron chi connectivity index (χ0n) is 27.8. The van der Waals surface area contributed by atoms with Crippen LogP contribution >= 0.6 is 0 Å². The van der Waals surface area contributed by atoms with Crippen LogP contribution in [0.25, 0.3) is 100 Å². The summed E-state index contributed by atoms with van der Waals surface area (Å²) in [6, 6.07) is 53.9. The molecule has 6 heterocycles. The summed E-state index contributed by atoms with van der Waals surface area (Å²) in [7, 11) is 0. The predicted octanol–water partition coefficient (Wildman–Crippen LogP) is 11.0. The molecule has 0 spiro atoms. The first-order valence-electron chi connectivity index (χ1n) is 17.2. The first-order valence-corrected chi connectivity index (χ1v) is 17.2. The summed E-state index contributed by atoms with van der Waals surface area (Å²) < 4.78 is 0. The van der Waals surface area contributed by atoms with Crippen LogP contribution < -0.4 is 0 Å². The first-order chi connectivity index (χ1) is 25.7. The van der Waals surface area contributed by atoms with Crippen LogP contribution in [0.2, 0.25) is 0 Å². The van der Waals surface area contributed by atoms with Crippen LogP contribution in [0.3, 0.4) is 0 Å². The Morgan fingerprint density at radius 2 is 0.923 bits per heavy atom. The number of fused-ring (bicyclic) bond motifs is 6. The van der Waals surface area contributed by atoms with Gasteiger partial charge in [0.05, 0.1) is 45.2 Å². The molecule has 0 saturated carbocycles. The van der Waals surface area contributed by atoms with E-state index < -0.39 is 0 Å². The van der Waals surface area contributed by atoms with E-state index in [0.717, 1.165) is 94.4 Å². The van der Waals surface area contributed by atoms with Crippen molar-refractivity contribution in [1.82, 2.24) is 29.9 Å². The number of rotatable bonds is 5. The van der Waals surface area contributed by atoms with Crippen molar-refractivity contribution in [3.8, 4) is 56.4 Å². The molecule has 0 atom stereocenters. The second kappa shape index (κ2) is 12.3. The fraction of sp³-hybridized carbons (Fsp3) is 0. The summed E-state index contributed by atoms with van der Waals surface area (Å²) in [4.78, 5) is 29.7. The van der Waals surface area contributed by atoms with Gasteiger partial charge in [-0.1, -0.05) is 109 Å². The van der Waals surface area contributed by atoms with E-state index in [4.69, 9.17) is 19.9 Å². The number of pyridine rings is 6. The Bertz CT molecular complexity index is 2870. The molecular weight excluding hydrogens is 637 g/mol. The minimum absolute atomic E-state index is 0.693. The predicted molar refractivity (Wildman–Crippen MR) is 210 cm³/mol. The third kappa shape index (κ3) is 5.22. The average Bonchev–Trinajstić information content (AvgIpc) is 3.23. The maximum absolute atomic E-state index is 5.26. The van der Waals surface area contributed by atoms with Gasteiger partial charge in [-0.25, -0.2) is 19.9 Å². The number of hydrogen-bond acceptors (Lipinski definition) is 6. The fourth-order valence-electron chi connectivity index (χ4n) is 6.98. The zero-order valence-corrected chi connectivity index (χ0v) is 27.8. The quantitative estimate of drug-likeness (QED) is 0.135. The molecule has 10 rings (SSSR count). The highest BCUT2D eigenvalue weighted by molar-refractivity contribution is 6.15. The van der Waals surface area contributed by atoms with Crippen molar-refractivity contribution >= 4 is 43.6 Å². The maximum Gasteiger partial charge on any atom is 0.161 e. The zero-order chi connectivity index (χ0) is 34.4. The van der Waals surface area contributed by atoms with Gasteiger partial charge in [0.1, 0.15) is 0 Å². The van der Waals surface area contributed by atoms with Gasteiger partial charge in [0, 0.05) is 45.1 Å². The van der Waals surface area contributed by atoms with Gasteiger partial charge in [0.25, 0.3) is 0 Å². The second-order valence-electron chi connectivity index (χ2n) is 12.8. The van der Waals surface area contributed by atoms with Crippen LogP contribution in [0.1, 0.15) is 0 Å². The van der Waals surface area contributed by atoms with Crippen molar-refractivity contribution in [2.75, 3.05) is 0 Å². The summed E-state index contributed by atoms with van der Waals surface area (Å²) in [5.41, 5.74) is 11.6. The summed E-state index contributed by atoms with van der Waals surface area (Å²) in [6.07, 6.45) is 3.58. The lowest BCUT2D eigenvalue weighted by Gasteiger charge is -2.13. The topological polar surface area (TPSA) is 77.3 Å². The number of benzene rings is 4. The molecule has 10 aromatic rings. The number of hydrogen-bond donors (Lipinski definition) is 0. The maximum atomic E-state index is 5.26. The lowest BCUT2D eigenvalue weighted by molar-refractivity contribution is 1.22. The molecular formula is C46H28N6. The van der Waals surface area contributed by atoms with E-state index in [0.29, 0.717) is 5.65 Å². The largest absolute Gasteiger partial charge is 0.255 e. The van der Waals surface area contributed by atoms with Gasteiger partial charge in [-0.3, -0.25) is 9.97 Å². The minimum Gasteiger partial charge on any atom is -0.255 e. The Morgan fingerprint density at radius 3 is 1.63 bits per heavy atom. The van der Waals surface area contributed by atoms with Crippen molar-refractivity contribution in [2.24, 2.45) is 0 Å². The summed E-state index contributed by atoms with van der Waals surface area (Å²) in [6.45, 7) is 0. The monoisotopic (exact) mass is 664 g/mol. The van der Waals surface area contributed by atoms with Gasteiger partial charge in [0.2, 0.25) is 0 Å². The van der Waals surface area contributed by atoms with Gasteiger partial charge in [0.15, 0.2) is 5.65 Å². The molecule has 0 amide bonds. The van der Waals surface area contributed by atoms with Crippen molar-refractivity contribution in [1.29, 1.82) is 0 Å². The standard InChI is InChI=1S/C46H28N6/c1-2-10-30(11-3-1)38-23-22-32-20-21-33-26-37-35-12-4-5-13-36(35)43(51-46(37)52-45(33)44(32)50-38)31-18-16-29(17-19-31)34-27-41(39-14-6-8-24-47-39)49-42(28-34)40-15-7-9-25-48-40/h1-28H. The molecule has 0 fully saturated rings. The smallest absolute Gasteiger partial charge is 0.161 e. The Balaban J connectivity index is 1.11. The molecule has 6 heteroatoms. The Hall–Kier alpha value is -7.18. The van der Waals surface area contributed by atoms with Crippen LogP contribution in [0.4, 0.5) is 0 Å². The number of aromatic nitrogens is 6. The van der Waals surface area contributed by atoms with Crippen LogP contribution in [-0.2, 0) is 0 Å².